The number of alkyl halides is 11. The van der Waals surface area contributed by atoms with E-state index in [1.54, 1.807) is 0 Å². The molecule has 0 amide bonds. The van der Waals surface area contributed by atoms with Crippen molar-refractivity contribution in [1.29, 1.82) is 0 Å². The second kappa shape index (κ2) is 5.62. The molecule has 0 heterocycles. The molecule has 0 fully saturated rings. The van der Waals surface area contributed by atoms with Crippen molar-refractivity contribution in [3.05, 3.63) is 21.4 Å². The summed E-state index contributed by atoms with van der Waals surface area (Å²) in [5, 5.41) is 0. The Kier molecular flexibility index (Phi) is 5.02. The maximum absolute atomic E-state index is 13.4. The van der Waals surface area contributed by atoms with Crippen LogP contribution in [0.25, 0.3) is 0 Å². The van der Waals surface area contributed by atoms with E-state index < -0.39 is 51.7 Å². The Hall–Kier alpha value is -0.368. The van der Waals surface area contributed by atoms with Gasteiger partial charge in [-0.25, -0.2) is 0 Å². The normalized spacial score (nSPS) is 17.5. The summed E-state index contributed by atoms with van der Waals surface area (Å²) in [7, 11) is 0. The number of hydrogen-bond donors (Lipinski definition) is 0. The molecule has 0 N–H and O–H groups in total. The Labute approximate surface area is 128 Å². The van der Waals surface area contributed by atoms with Crippen LogP contribution in [0.3, 0.4) is 0 Å². The van der Waals surface area contributed by atoms with E-state index in [0.29, 0.717) is 0 Å². The van der Waals surface area contributed by atoms with Crippen LogP contribution < -0.4 is 0 Å². The Balaban J connectivity index is 3.19. The van der Waals surface area contributed by atoms with Gasteiger partial charge in [-0.15, -0.1) is 0 Å². The van der Waals surface area contributed by atoms with Crippen LogP contribution in [-0.4, -0.2) is 51.7 Å². The summed E-state index contributed by atoms with van der Waals surface area (Å²) in [6.45, 7) is 0. The van der Waals surface area contributed by atoms with Crippen LogP contribution >= 0.6 is 0 Å². The van der Waals surface area contributed by atoms with Crippen molar-refractivity contribution in [3.63, 3.8) is 0 Å². The summed E-state index contributed by atoms with van der Waals surface area (Å²) < 4.78 is 134. The molecule has 0 aromatic rings. The summed E-state index contributed by atoms with van der Waals surface area (Å²) in [5.41, 5.74) is 0. The third-order valence-electron chi connectivity index (χ3n) is 2.73. The van der Waals surface area contributed by atoms with Gasteiger partial charge in [0.25, 0.3) is 0 Å². The van der Waals surface area contributed by atoms with Crippen LogP contribution in [0.1, 0.15) is 6.42 Å². The van der Waals surface area contributed by atoms with Crippen LogP contribution in [0.2, 0.25) is 0 Å². The fourth-order valence-corrected chi connectivity index (χ4v) is 6.49. The van der Waals surface area contributed by atoms with Gasteiger partial charge in [0.1, 0.15) is 0 Å². The van der Waals surface area contributed by atoms with E-state index in [1.165, 1.54) is 12.2 Å². The zero-order valence-electron chi connectivity index (χ0n) is 10.2. The molecule has 0 atom stereocenters. The first-order chi connectivity index (χ1) is 9.58. The molecule has 1 aliphatic rings. The predicted molar refractivity (Wildman–Crippen MR) is 53.4 cm³/mol. The fourth-order valence-electron chi connectivity index (χ4n) is 1.48. The standard InChI is InChI=1S/C5F11.C5H5.Tl/c6-1(7)2(8,9)3(10,11)4(12,13)5(14,15)16;1-2-4-5-3-1;/h;1-3H,4H2;. The molecule has 22 heavy (non-hydrogen) atoms. The van der Waals surface area contributed by atoms with Crippen molar-refractivity contribution in [3.8, 4) is 0 Å². The zero-order chi connectivity index (χ0) is 17.6. The van der Waals surface area contributed by atoms with Crippen molar-refractivity contribution in [2.24, 2.45) is 0 Å². The SMILES string of the molecule is FC(F)(F)C(F)(F)C(F)(F)C(F)(F)[C](F)(F)[Tl][C]1=CC=CC1. The van der Waals surface area contributed by atoms with E-state index in [-0.39, 0.29) is 9.55 Å². The minimum atomic E-state index is -7.29. The molecule has 0 aromatic carbocycles. The molecule has 12 heteroatoms. The average Bonchev–Trinajstić information content (AvgIpc) is 2.78. The molecule has 125 valence electrons. The number of halogens is 11. The molecule has 0 saturated heterocycles. The minimum absolute atomic E-state index is 0.234. The number of allylic oxidation sites excluding steroid dienone is 4. The third-order valence-corrected chi connectivity index (χ3v) is 8.65. The maximum atomic E-state index is 13.4. The van der Waals surface area contributed by atoms with Crippen LogP contribution in [0.4, 0.5) is 48.3 Å². The first kappa shape index (κ1) is 19.7. The first-order valence-electron chi connectivity index (χ1n) is 5.37. The summed E-state index contributed by atoms with van der Waals surface area (Å²) in [6, 6.07) is 0. The van der Waals surface area contributed by atoms with Gasteiger partial charge in [0.15, 0.2) is 0 Å². The molecule has 1 aliphatic carbocycles. The van der Waals surface area contributed by atoms with Crippen LogP contribution in [0, 0.1) is 0 Å². The molecule has 0 unspecified atom stereocenters. The molecule has 0 saturated carbocycles. The number of rotatable bonds is 5. The predicted octanol–water partition coefficient (Wildman–Crippen LogP) is 4.60. The molecule has 0 radical (unpaired) electrons. The molecule has 0 aromatic heterocycles. The van der Waals surface area contributed by atoms with Crippen molar-refractivity contribution in [1.82, 2.24) is 0 Å². The van der Waals surface area contributed by atoms with Gasteiger partial charge < -0.3 is 0 Å². The second-order valence-corrected chi connectivity index (χ2v) is 11.2. The van der Waals surface area contributed by atoms with Crippen molar-refractivity contribution in [2.45, 2.75) is 33.8 Å². The summed E-state index contributed by atoms with van der Waals surface area (Å²) in [4.78, 5) is 0. The van der Waals surface area contributed by atoms with E-state index in [2.05, 4.69) is 0 Å². The van der Waals surface area contributed by atoms with Gasteiger partial charge in [0, 0.05) is 0 Å². The molecular weight excluding hydrogens is 533 g/mol. The Bertz CT molecular complexity index is 486. The van der Waals surface area contributed by atoms with Gasteiger partial charge in [-0.2, -0.15) is 0 Å². The quantitative estimate of drug-likeness (QED) is 0.355. The average molecular weight is 539 g/mol. The van der Waals surface area contributed by atoms with Gasteiger partial charge in [-0.05, 0) is 0 Å². The van der Waals surface area contributed by atoms with Gasteiger partial charge in [0.2, 0.25) is 0 Å². The van der Waals surface area contributed by atoms with Crippen molar-refractivity contribution < 1.29 is 48.3 Å². The topological polar surface area (TPSA) is 0 Å². The molecule has 0 spiro atoms. The monoisotopic (exact) mass is 539 g/mol. The molecule has 1 rings (SSSR count). The summed E-state index contributed by atoms with van der Waals surface area (Å²) in [5.74, 6) is -21.4. The molecule has 0 bridgehead atoms. The van der Waals surface area contributed by atoms with Crippen molar-refractivity contribution >= 4 is 24.2 Å². The molecular formula is C10H5F11Tl. The van der Waals surface area contributed by atoms with Gasteiger partial charge in [-0.1, -0.05) is 0 Å². The first-order valence-corrected chi connectivity index (χ1v) is 9.86. The third kappa shape index (κ3) is 3.00. The summed E-state index contributed by atoms with van der Waals surface area (Å²) >= 11 is -4.27. The van der Waals surface area contributed by atoms with Crippen LogP contribution in [0.5, 0.6) is 0 Å². The summed E-state index contributed by atoms with van der Waals surface area (Å²) in [6.07, 6.45) is -3.98. The Morgan fingerprint density at radius 1 is 0.727 bits per heavy atom. The molecule has 0 nitrogen and oxygen atoms in total. The van der Waals surface area contributed by atoms with E-state index in [4.69, 9.17) is 0 Å². The fraction of sp³-hybridized carbons (Fsp3) is 0.600. The second-order valence-electron chi connectivity index (χ2n) is 4.36. The number of hydrogen-bond acceptors (Lipinski definition) is 0. The van der Waals surface area contributed by atoms with Crippen molar-refractivity contribution in [2.75, 3.05) is 0 Å². The van der Waals surface area contributed by atoms with Crippen LogP contribution in [-0.2, 0) is 0 Å². The Morgan fingerprint density at radius 2 is 1.23 bits per heavy atom. The van der Waals surface area contributed by atoms with E-state index >= 15 is 0 Å². The van der Waals surface area contributed by atoms with Gasteiger partial charge in [-0.3, -0.25) is 0 Å². The van der Waals surface area contributed by atoms with E-state index in [1.807, 2.05) is 0 Å². The zero-order valence-corrected chi connectivity index (χ0v) is 14.7. The van der Waals surface area contributed by atoms with E-state index in [0.717, 1.165) is 6.08 Å². The van der Waals surface area contributed by atoms with Gasteiger partial charge >= 0.3 is 128 Å². The van der Waals surface area contributed by atoms with Gasteiger partial charge in [0.05, 0.1) is 0 Å². The Morgan fingerprint density at radius 3 is 1.59 bits per heavy atom. The molecule has 0 aliphatic heterocycles. The van der Waals surface area contributed by atoms with E-state index in [9.17, 15) is 48.3 Å². The van der Waals surface area contributed by atoms with Crippen LogP contribution in [0.15, 0.2) is 21.4 Å².